The number of benzene rings is 2. The topological polar surface area (TPSA) is 92.8 Å². The first-order valence-electron chi connectivity index (χ1n) is 6.73. The van der Waals surface area contributed by atoms with Gasteiger partial charge in [-0.15, -0.1) is 0 Å². The minimum atomic E-state index is -0.959. The quantitative estimate of drug-likeness (QED) is 0.653. The van der Waals surface area contributed by atoms with Gasteiger partial charge in [-0.3, -0.25) is 4.79 Å². The second kappa shape index (κ2) is 10.0. The normalized spacial score (nSPS) is 10.6. The van der Waals surface area contributed by atoms with E-state index in [1.807, 2.05) is 60.7 Å². The van der Waals surface area contributed by atoms with Gasteiger partial charge < -0.3 is 10.8 Å². The van der Waals surface area contributed by atoms with Crippen molar-refractivity contribution in [2.45, 2.75) is 19.0 Å². The summed E-state index contributed by atoms with van der Waals surface area (Å²) in [6.07, 6.45) is 1.88. The van der Waals surface area contributed by atoms with Gasteiger partial charge >= 0.3 is 5.97 Å². The molecule has 2 aromatic carbocycles. The van der Waals surface area contributed by atoms with E-state index >= 15 is 0 Å². The van der Waals surface area contributed by atoms with Gasteiger partial charge in [-0.2, -0.15) is 0 Å². The summed E-state index contributed by atoms with van der Waals surface area (Å²) in [5.41, 5.74) is 7.33. The predicted octanol–water partition coefficient (Wildman–Crippen LogP) is 2.16. The standard InChI is InChI=1S/C9H11NO2.C8H7NO/c10-8(9(11)12)6-7-4-2-1-3-5-7;10-7-9-6-8-4-2-1-3-5-8/h1-5,8H,6,10H2,(H,11,12);1-5H,6H2/t8-;/m0./s1. The highest BCUT2D eigenvalue weighted by Gasteiger charge is 2.10. The van der Waals surface area contributed by atoms with E-state index in [1.165, 1.54) is 6.08 Å². The van der Waals surface area contributed by atoms with Crippen LogP contribution in [0.1, 0.15) is 11.1 Å². The van der Waals surface area contributed by atoms with Crippen LogP contribution in [0.3, 0.4) is 0 Å². The van der Waals surface area contributed by atoms with Crippen LogP contribution in [-0.4, -0.2) is 23.2 Å². The van der Waals surface area contributed by atoms with E-state index < -0.39 is 12.0 Å². The smallest absolute Gasteiger partial charge is 0.320 e. The number of rotatable bonds is 5. The second-order valence-corrected chi connectivity index (χ2v) is 4.53. The molecule has 0 saturated carbocycles. The lowest BCUT2D eigenvalue weighted by molar-refractivity contribution is -0.138. The molecule has 0 aromatic heterocycles. The molecule has 0 aliphatic heterocycles. The summed E-state index contributed by atoms with van der Waals surface area (Å²) in [7, 11) is 0. The van der Waals surface area contributed by atoms with E-state index in [0.717, 1.165) is 11.1 Å². The molecule has 0 unspecified atom stereocenters. The number of isocyanates is 1. The first kappa shape index (κ1) is 17.3. The van der Waals surface area contributed by atoms with Crippen LogP contribution in [-0.2, 0) is 22.6 Å². The Bertz CT molecular complexity index is 608. The number of aliphatic imine (C=N–C) groups is 1. The van der Waals surface area contributed by atoms with E-state index in [2.05, 4.69) is 4.99 Å². The number of carboxylic acids is 1. The maximum Gasteiger partial charge on any atom is 0.320 e. The lowest BCUT2D eigenvalue weighted by atomic mass is 10.1. The Morgan fingerprint density at radius 2 is 1.55 bits per heavy atom. The van der Waals surface area contributed by atoms with Crippen LogP contribution >= 0.6 is 0 Å². The van der Waals surface area contributed by atoms with Crippen molar-refractivity contribution in [3.63, 3.8) is 0 Å². The second-order valence-electron chi connectivity index (χ2n) is 4.53. The van der Waals surface area contributed by atoms with Crippen LogP contribution in [0, 0.1) is 0 Å². The first-order valence-corrected chi connectivity index (χ1v) is 6.73. The lowest BCUT2D eigenvalue weighted by Crippen LogP contribution is -2.32. The summed E-state index contributed by atoms with van der Waals surface area (Å²) in [6.45, 7) is 0.435. The van der Waals surface area contributed by atoms with Crippen LogP contribution in [0.25, 0.3) is 0 Å². The largest absolute Gasteiger partial charge is 0.480 e. The average Bonchev–Trinajstić information content (AvgIpc) is 2.55. The highest BCUT2D eigenvalue weighted by molar-refractivity contribution is 5.73. The molecule has 2 rings (SSSR count). The van der Waals surface area contributed by atoms with E-state index in [0.29, 0.717) is 13.0 Å². The van der Waals surface area contributed by atoms with Gasteiger partial charge in [-0.1, -0.05) is 60.7 Å². The molecule has 22 heavy (non-hydrogen) atoms. The monoisotopic (exact) mass is 298 g/mol. The molecule has 5 nitrogen and oxygen atoms in total. The number of aliphatic carboxylic acids is 1. The Balaban J connectivity index is 0.000000224. The molecule has 0 saturated heterocycles. The number of carbonyl (C=O) groups excluding carboxylic acids is 1. The lowest BCUT2D eigenvalue weighted by Gasteiger charge is -2.04. The van der Waals surface area contributed by atoms with Gasteiger partial charge in [0.1, 0.15) is 6.04 Å². The fourth-order valence-electron chi connectivity index (χ4n) is 1.66. The summed E-state index contributed by atoms with van der Waals surface area (Å²) >= 11 is 0. The Morgan fingerprint density at radius 3 is 2.00 bits per heavy atom. The molecule has 0 spiro atoms. The van der Waals surface area contributed by atoms with Crippen molar-refractivity contribution in [3.05, 3.63) is 71.8 Å². The Morgan fingerprint density at radius 1 is 1.05 bits per heavy atom. The summed E-state index contributed by atoms with van der Waals surface area (Å²) in [4.78, 5) is 23.5. The molecule has 0 heterocycles. The third-order valence-corrected chi connectivity index (χ3v) is 2.78. The molecule has 3 N–H and O–H groups in total. The zero-order valence-electron chi connectivity index (χ0n) is 12.1. The molecule has 0 amide bonds. The van der Waals surface area contributed by atoms with Crippen molar-refractivity contribution in [1.82, 2.24) is 0 Å². The third-order valence-electron chi connectivity index (χ3n) is 2.78. The maximum absolute atomic E-state index is 10.4. The van der Waals surface area contributed by atoms with E-state index in [4.69, 9.17) is 10.8 Å². The summed E-state index contributed by atoms with van der Waals surface area (Å²) in [6, 6.07) is 18.1. The number of nitrogens with two attached hydrogens (primary N) is 1. The van der Waals surface area contributed by atoms with Gasteiger partial charge in [0.2, 0.25) is 6.08 Å². The zero-order chi connectivity index (χ0) is 16.2. The van der Waals surface area contributed by atoms with Crippen molar-refractivity contribution in [1.29, 1.82) is 0 Å². The number of carbonyl (C=O) groups is 1. The Hall–Kier alpha value is -2.75. The fraction of sp³-hybridized carbons (Fsp3) is 0.176. The van der Waals surface area contributed by atoms with Gasteiger partial charge in [0.15, 0.2) is 0 Å². The first-order chi connectivity index (χ1) is 10.6. The minimum Gasteiger partial charge on any atom is -0.480 e. The van der Waals surface area contributed by atoms with Gasteiger partial charge in [0.05, 0.1) is 6.54 Å². The van der Waals surface area contributed by atoms with Crippen LogP contribution in [0.5, 0.6) is 0 Å². The number of carboxylic acid groups (broad SMARTS) is 1. The highest BCUT2D eigenvalue weighted by Crippen LogP contribution is 2.01. The average molecular weight is 298 g/mol. The van der Waals surface area contributed by atoms with Crippen molar-refractivity contribution < 1.29 is 14.7 Å². The zero-order valence-corrected chi connectivity index (χ0v) is 12.1. The molecule has 0 radical (unpaired) electrons. The third kappa shape index (κ3) is 7.14. The van der Waals surface area contributed by atoms with Crippen molar-refractivity contribution in [2.75, 3.05) is 0 Å². The van der Waals surface area contributed by atoms with Gasteiger partial charge in [0.25, 0.3) is 0 Å². The van der Waals surface area contributed by atoms with E-state index in [9.17, 15) is 9.59 Å². The molecule has 0 aliphatic rings. The summed E-state index contributed by atoms with van der Waals surface area (Å²) in [5.74, 6) is -0.959. The van der Waals surface area contributed by atoms with Crippen LogP contribution in [0.4, 0.5) is 0 Å². The maximum atomic E-state index is 10.4. The van der Waals surface area contributed by atoms with E-state index in [-0.39, 0.29) is 0 Å². The summed E-state index contributed by atoms with van der Waals surface area (Å²) in [5, 5.41) is 8.52. The molecule has 2 aromatic rings. The number of hydrogen-bond donors (Lipinski definition) is 2. The molecule has 5 heteroatoms. The number of hydrogen-bond acceptors (Lipinski definition) is 4. The molecule has 0 fully saturated rings. The van der Waals surface area contributed by atoms with E-state index in [1.54, 1.807) is 0 Å². The minimum absolute atomic E-state index is 0.385. The molecular formula is C17H18N2O3. The Labute approximate surface area is 129 Å². The molecule has 0 aliphatic carbocycles. The van der Waals surface area contributed by atoms with Gasteiger partial charge in [-0.25, -0.2) is 9.79 Å². The number of nitrogens with zero attached hydrogens (tertiary/aromatic N) is 1. The van der Waals surface area contributed by atoms with Crippen LogP contribution in [0.15, 0.2) is 65.7 Å². The Kier molecular flexibility index (Phi) is 7.90. The highest BCUT2D eigenvalue weighted by atomic mass is 16.4. The van der Waals surface area contributed by atoms with Crippen molar-refractivity contribution >= 4 is 12.0 Å². The van der Waals surface area contributed by atoms with Crippen molar-refractivity contribution in [3.8, 4) is 0 Å². The van der Waals surface area contributed by atoms with Gasteiger partial charge in [-0.05, 0) is 17.5 Å². The molecule has 1 atom stereocenters. The molecule has 0 bridgehead atoms. The predicted molar refractivity (Wildman–Crippen MR) is 84.0 cm³/mol. The van der Waals surface area contributed by atoms with Gasteiger partial charge in [0, 0.05) is 0 Å². The molecule has 114 valence electrons. The SMILES string of the molecule is N[C@@H](Cc1ccccc1)C(=O)O.O=C=NCc1ccccc1. The van der Waals surface area contributed by atoms with Crippen molar-refractivity contribution in [2.24, 2.45) is 10.7 Å². The van der Waals surface area contributed by atoms with Crippen LogP contribution < -0.4 is 5.73 Å². The fourth-order valence-corrected chi connectivity index (χ4v) is 1.66. The molecular weight excluding hydrogens is 280 g/mol. The van der Waals surface area contributed by atoms with Crippen LogP contribution in [0.2, 0.25) is 0 Å². The summed E-state index contributed by atoms with van der Waals surface area (Å²) < 4.78 is 0.